The molecule has 3 nitrogen and oxygen atoms in total. The highest BCUT2D eigenvalue weighted by Gasteiger charge is 2.65. The average molecular weight is 463 g/mol. The molecule has 1 aromatic rings. The van der Waals surface area contributed by atoms with Crippen molar-refractivity contribution in [3.63, 3.8) is 0 Å². The third-order valence-corrected chi connectivity index (χ3v) is 15.8. The Kier molecular flexibility index (Phi) is 7.09. The summed E-state index contributed by atoms with van der Waals surface area (Å²) in [7, 11) is -9.20. The molecule has 3 rings (SSSR count). The van der Waals surface area contributed by atoms with Crippen LogP contribution in [0.1, 0.15) is 83.6 Å². The monoisotopic (exact) mass is 462 g/mol. The minimum Gasteiger partial charge on any atom is -0.306 e. The molecule has 2 saturated carbocycles. The third kappa shape index (κ3) is 4.37. The molecule has 2 aliphatic carbocycles. The molecule has 1 aromatic carbocycles. The van der Waals surface area contributed by atoms with Crippen molar-refractivity contribution in [2.24, 2.45) is 0 Å². The van der Waals surface area contributed by atoms with E-state index in [2.05, 4.69) is 0 Å². The van der Waals surface area contributed by atoms with Crippen LogP contribution in [0, 0.1) is 0 Å². The summed E-state index contributed by atoms with van der Waals surface area (Å²) in [6.07, 6.45) is 8.81. The molecule has 2 fully saturated rings. The molecule has 0 heterocycles. The number of hydrogen-bond donors (Lipinski definition) is 0. The van der Waals surface area contributed by atoms with Gasteiger partial charge in [0.05, 0.1) is 0 Å². The van der Waals surface area contributed by atoms with Crippen LogP contribution in [0.5, 0.6) is 0 Å². The molecule has 2 aliphatic rings. The van der Waals surface area contributed by atoms with Gasteiger partial charge in [-0.05, 0) is 16.6 Å². The minimum absolute atomic E-state index is 0.0957. The van der Waals surface area contributed by atoms with Crippen LogP contribution in [0.3, 0.4) is 0 Å². The Balaban J connectivity index is 2.22. The summed E-state index contributed by atoms with van der Waals surface area (Å²) >= 11 is 0. The van der Waals surface area contributed by atoms with Crippen molar-refractivity contribution in [2.75, 3.05) is 0 Å². The number of rotatable bonds is 6. The van der Waals surface area contributed by atoms with Crippen molar-refractivity contribution in [3.8, 4) is 0 Å². The lowest BCUT2D eigenvalue weighted by Crippen LogP contribution is -2.64. The van der Waals surface area contributed by atoms with Gasteiger partial charge in [0, 0.05) is 5.04 Å². The summed E-state index contributed by atoms with van der Waals surface area (Å²) in [4.78, 5) is 0. The number of halogens is 3. The lowest BCUT2D eigenvalue weighted by atomic mass is 9.98. The van der Waals surface area contributed by atoms with E-state index in [1.807, 2.05) is 44.2 Å². The first kappa shape index (κ1) is 23.8. The molecule has 0 aliphatic heterocycles. The first-order valence-electron chi connectivity index (χ1n) is 11.1. The maximum atomic E-state index is 13.6. The summed E-state index contributed by atoms with van der Waals surface area (Å²) in [6.45, 7) is 3.87. The van der Waals surface area contributed by atoms with Crippen LogP contribution in [0.25, 0.3) is 0 Å². The fourth-order valence-corrected chi connectivity index (χ4v) is 15.6. The van der Waals surface area contributed by atoms with Crippen LogP contribution in [-0.4, -0.2) is 22.2 Å². The Labute approximate surface area is 179 Å². The van der Waals surface area contributed by atoms with E-state index in [4.69, 9.17) is 3.87 Å². The Morgan fingerprint density at radius 3 is 1.67 bits per heavy atom. The van der Waals surface area contributed by atoms with E-state index in [0.717, 1.165) is 69.8 Å². The molecule has 0 saturated heterocycles. The first-order valence-corrected chi connectivity index (χ1v) is 14.6. The summed E-state index contributed by atoms with van der Waals surface area (Å²) in [5.74, 6) is 0. The molecule has 8 heteroatoms. The van der Waals surface area contributed by atoms with Crippen LogP contribution in [-0.2, 0) is 19.0 Å². The van der Waals surface area contributed by atoms with E-state index in [-0.39, 0.29) is 11.1 Å². The van der Waals surface area contributed by atoms with Crippen LogP contribution < -0.4 is 0 Å². The van der Waals surface area contributed by atoms with Gasteiger partial charge in [-0.2, -0.15) is 21.6 Å². The predicted molar refractivity (Wildman–Crippen MR) is 115 cm³/mol. The van der Waals surface area contributed by atoms with Crippen molar-refractivity contribution in [3.05, 3.63) is 35.9 Å². The van der Waals surface area contributed by atoms with Crippen molar-refractivity contribution in [1.82, 2.24) is 0 Å². The normalized spacial score (nSPS) is 21.0. The fraction of sp³-hybridized carbons (Fsp3) is 0.727. The lowest BCUT2D eigenvalue weighted by Gasteiger charge is -2.54. The molecule has 0 aromatic heterocycles. The van der Waals surface area contributed by atoms with E-state index in [1.54, 1.807) is 0 Å². The van der Waals surface area contributed by atoms with Crippen LogP contribution in [0.4, 0.5) is 13.2 Å². The zero-order valence-corrected chi connectivity index (χ0v) is 19.7. The van der Waals surface area contributed by atoms with Gasteiger partial charge < -0.3 is 3.87 Å². The van der Waals surface area contributed by atoms with Crippen molar-refractivity contribution < 1.29 is 25.5 Å². The molecular weight excluding hydrogens is 429 g/mol. The summed E-state index contributed by atoms with van der Waals surface area (Å²) in [6, 6.07) is 9.44. The SMILES string of the molecule is CC(C)(c1ccccc1)[Si](OS(=O)(=O)C(F)(F)F)(C1CCCCC1)C1CCCCC1. The van der Waals surface area contributed by atoms with E-state index in [1.165, 1.54) is 0 Å². The second-order valence-electron chi connectivity index (χ2n) is 9.44. The highest BCUT2D eigenvalue weighted by molar-refractivity contribution is 7.88. The molecule has 0 atom stereocenters. The topological polar surface area (TPSA) is 43.4 Å². The standard InChI is InChI=1S/C22H33F3O3SSi/c1-21(2,18-12-6-3-7-13-18)30(19-14-8-4-9-15-19,20-16-10-5-11-17-20)28-29(26,27)22(23,24)25/h3,6-7,12-13,19-20H,4-5,8-11,14-17H2,1-2H3. The Bertz CT molecular complexity index is 779. The van der Waals surface area contributed by atoms with E-state index < -0.39 is 29.0 Å². The van der Waals surface area contributed by atoms with Crippen molar-refractivity contribution in [2.45, 2.75) is 99.7 Å². The second kappa shape index (κ2) is 8.94. The third-order valence-electron chi connectivity index (χ3n) is 7.43. The number of hydrogen-bond acceptors (Lipinski definition) is 3. The predicted octanol–water partition coefficient (Wildman–Crippen LogP) is 6.98. The molecule has 30 heavy (non-hydrogen) atoms. The van der Waals surface area contributed by atoms with E-state index in [0.29, 0.717) is 0 Å². The fourth-order valence-electron chi connectivity index (χ4n) is 5.97. The summed E-state index contributed by atoms with van der Waals surface area (Å²) < 4.78 is 71.5. The average Bonchev–Trinajstić information content (AvgIpc) is 2.73. The quantitative estimate of drug-likeness (QED) is 0.338. The van der Waals surface area contributed by atoms with Gasteiger partial charge >= 0.3 is 15.6 Å². The second-order valence-corrected chi connectivity index (χ2v) is 15.9. The molecule has 0 N–H and O–H groups in total. The molecule has 170 valence electrons. The maximum absolute atomic E-state index is 13.6. The summed E-state index contributed by atoms with van der Waals surface area (Å²) in [5, 5.41) is -0.767. The first-order chi connectivity index (χ1) is 14.0. The van der Waals surface area contributed by atoms with Gasteiger partial charge in [-0.25, -0.2) is 0 Å². The van der Waals surface area contributed by atoms with Gasteiger partial charge in [0.2, 0.25) is 8.32 Å². The van der Waals surface area contributed by atoms with Crippen LogP contribution in [0.2, 0.25) is 11.1 Å². The van der Waals surface area contributed by atoms with E-state index in [9.17, 15) is 21.6 Å². The van der Waals surface area contributed by atoms with Gasteiger partial charge in [-0.3, -0.25) is 0 Å². The maximum Gasteiger partial charge on any atom is 0.522 e. The lowest BCUT2D eigenvalue weighted by molar-refractivity contribution is -0.0508. The highest BCUT2D eigenvalue weighted by atomic mass is 32.2. The van der Waals surface area contributed by atoms with Gasteiger partial charge in [0.25, 0.3) is 0 Å². The zero-order valence-electron chi connectivity index (χ0n) is 17.9. The largest absolute Gasteiger partial charge is 0.522 e. The molecular formula is C22H33F3O3SSi. The van der Waals surface area contributed by atoms with Crippen molar-refractivity contribution >= 4 is 18.4 Å². The van der Waals surface area contributed by atoms with Gasteiger partial charge in [0.15, 0.2) is 0 Å². The van der Waals surface area contributed by atoms with Crippen LogP contribution in [0.15, 0.2) is 30.3 Å². The Hall–Kier alpha value is -0.863. The Morgan fingerprint density at radius 2 is 1.27 bits per heavy atom. The Morgan fingerprint density at radius 1 is 0.833 bits per heavy atom. The molecule has 0 unspecified atom stereocenters. The highest BCUT2D eigenvalue weighted by Crippen LogP contribution is 2.58. The van der Waals surface area contributed by atoms with E-state index >= 15 is 0 Å². The molecule has 0 bridgehead atoms. The number of alkyl halides is 3. The number of benzene rings is 1. The van der Waals surface area contributed by atoms with Gasteiger partial charge in [-0.1, -0.05) is 108 Å². The molecule has 0 radical (unpaired) electrons. The summed E-state index contributed by atoms with van der Waals surface area (Å²) in [5.41, 5.74) is -4.71. The smallest absolute Gasteiger partial charge is 0.306 e. The van der Waals surface area contributed by atoms with Gasteiger partial charge in [0.1, 0.15) is 0 Å². The van der Waals surface area contributed by atoms with Crippen LogP contribution >= 0.6 is 0 Å². The van der Waals surface area contributed by atoms with Gasteiger partial charge in [-0.15, -0.1) is 0 Å². The van der Waals surface area contributed by atoms with Crippen molar-refractivity contribution in [1.29, 1.82) is 0 Å². The zero-order chi connectivity index (χ0) is 22.0. The molecule has 0 spiro atoms. The minimum atomic E-state index is -5.68. The molecule has 0 amide bonds.